The smallest absolute Gasteiger partial charge is 0.178 e. The molecule has 0 aliphatic rings. The van der Waals surface area contributed by atoms with Gasteiger partial charge in [0.25, 0.3) is 0 Å². The molecule has 5 heteroatoms. The third-order valence-electron chi connectivity index (χ3n) is 3.18. The summed E-state index contributed by atoms with van der Waals surface area (Å²) in [5.74, 6) is -0.396. The Labute approximate surface area is 115 Å². The largest absolute Gasteiger partial charge is 0.482 e. The van der Waals surface area contributed by atoms with Crippen LogP contribution < -0.4 is 10.5 Å². The van der Waals surface area contributed by atoms with E-state index in [-0.39, 0.29) is 18.0 Å². The second kappa shape index (κ2) is 4.85. The molecule has 102 valence electrons. The summed E-state index contributed by atoms with van der Waals surface area (Å²) in [4.78, 5) is 0. The average molecular weight is 271 g/mol. The van der Waals surface area contributed by atoms with E-state index in [1.165, 1.54) is 6.07 Å². The average Bonchev–Trinajstić information content (AvgIpc) is 2.76. The normalized spacial score (nSPS) is 10.9. The van der Waals surface area contributed by atoms with Crippen molar-refractivity contribution in [2.45, 2.75) is 6.61 Å². The van der Waals surface area contributed by atoms with E-state index < -0.39 is 5.82 Å². The quantitative estimate of drug-likeness (QED) is 0.745. The second-order valence-corrected chi connectivity index (χ2v) is 4.53. The molecule has 0 atom stereocenters. The van der Waals surface area contributed by atoms with Crippen LogP contribution in [0.3, 0.4) is 0 Å². The number of halogens is 1. The number of nitrogens with two attached hydrogens (primary N) is 1. The van der Waals surface area contributed by atoms with E-state index in [1.54, 1.807) is 16.8 Å². The van der Waals surface area contributed by atoms with Crippen LogP contribution in [-0.4, -0.2) is 9.78 Å². The van der Waals surface area contributed by atoms with Gasteiger partial charge in [-0.1, -0.05) is 24.3 Å². The molecule has 0 aliphatic heterocycles. The standard InChI is InChI=1S/C15H14FN3O/c1-19-14-8-3-2-5-10(14)13(18-19)9-20-15-11(16)6-4-7-12(15)17/h2-8H,9,17H2,1H3. The van der Waals surface area contributed by atoms with E-state index in [0.29, 0.717) is 0 Å². The highest BCUT2D eigenvalue weighted by atomic mass is 19.1. The molecule has 2 aromatic carbocycles. The molecule has 1 heterocycles. The predicted molar refractivity (Wildman–Crippen MR) is 75.9 cm³/mol. The van der Waals surface area contributed by atoms with Gasteiger partial charge in [0, 0.05) is 12.4 Å². The minimum absolute atomic E-state index is 0.0715. The number of rotatable bonds is 3. The molecular weight excluding hydrogens is 257 g/mol. The molecular formula is C15H14FN3O. The first kappa shape index (κ1) is 12.5. The van der Waals surface area contributed by atoms with E-state index in [1.807, 2.05) is 31.3 Å². The number of hydrogen-bond donors (Lipinski definition) is 1. The fraction of sp³-hybridized carbons (Fsp3) is 0.133. The highest BCUT2D eigenvalue weighted by Crippen LogP contribution is 2.26. The molecule has 0 saturated heterocycles. The van der Waals surface area contributed by atoms with Gasteiger partial charge in [-0.15, -0.1) is 0 Å². The first-order chi connectivity index (χ1) is 9.66. The van der Waals surface area contributed by atoms with Crippen molar-refractivity contribution in [1.82, 2.24) is 9.78 Å². The van der Waals surface area contributed by atoms with Gasteiger partial charge in [0.05, 0.1) is 11.2 Å². The molecule has 4 nitrogen and oxygen atoms in total. The molecule has 0 spiro atoms. The number of nitrogen functional groups attached to an aromatic ring is 1. The van der Waals surface area contributed by atoms with Crippen molar-refractivity contribution in [3.05, 3.63) is 54.0 Å². The molecule has 0 unspecified atom stereocenters. The van der Waals surface area contributed by atoms with Crippen LogP contribution in [0.4, 0.5) is 10.1 Å². The highest BCUT2D eigenvalue weighted by Gasteiger charge is 2.11. The van der Waals surface area contributed by atoms with Crippen LogP contribution in [0.5, 0.6) is 5.75 Å². The maximum absolute atomic E-state index is 13.6. The van der Waals surface area contributed by atoms with Gasteiger partial charge >= 0.3 is 0 Å². The van der Waals surface area contributed by atoms with Gasteiger partial charge in [0.15, 0.2) is 11.6 Å². The lowest BCUT2D eigenvalue weighted by molar-refractivity contribution is 0.288. The van der Waals surface area contributed by atoms with Crippen molar-refractivity contribution in [2.24, 2.45) is 7.05 Å². The van der Waals surface area contributed by atoms with E-state index >= 15 is 0 Å². The first-order valence-electron chi connectivity index (χ1n) is 6.24. The van der Waals surface area contributed by atoms with Gasteiger partial charge in [0.1, 0.15) is 12.3 Å². The Hall–Kier alpha value is -2.56. The predicted octanol–water partition coefficient (Wildman–Crippen LogP) is 2.87. The molecule has 0 fully saturated rings. The fourth-order valence-corrected chi connectivity index (χ4v) is 2.21. The Morgan fingerprint density at radius 2 is 2.00 bits per heavy atom. The van der Waals surface area contributed by atoms with Gasteiger partial charge in [-0.2, -0.15) is 5.10 Å². The summed E-state index contributed by atoms with van der Waals surface area (Å²) in [6.45, 7) is 0.173. The van der Waals surface area contributed by atoms with Gasteiger partial charge in [-0.3, -0.25) is 4.68 Å². The minimum atomic E-state index is -0.467. The minimum Gasteiger partial charge on any atom is -0.482 e. The number of fused-ring (bicyclic) bond motifs is 1. The molecule has 0 bridgehead atoms. The number of anilines is 1. The van der Waals surface area contributed by atoms with Crippen molar-refractivity contribution >= 4 is 16.6 Å². The fourth-order valence-electron chi connectivity index (χ4n) is 2.21. The van der Waals surface area contributed by atoms with Gasteiger partial charge in [-0.25, -0.2) is 4.39 Å². The summed E-state index contributed by atoms with van der Waals surface area (Å²) < 4.78 is 20.9. The van der Waals surface area contributed by atoms with Crippen LogP contribution in [0.15, 0.2) is 42.5 Å². The summed E-state index contributed by atoms with van der Waals surface area (Å²) in [5.41, 5.74) is 7.76. The summed E-state index contributed by atoms with van der Waals surface area (Å²) in [7, 11) is 1.86. The molecule has 0 radical (unpaired) electrons. The number of nitrogens with zero attached hydrogens (tertiary/aromatic N) is 2. The molecule has 20 heavy (non-hydrogen) atoms. The van der Waals surface area contributed by atoms with Crippen molar-refractivity contribution < 1.29 is 9.13 Å². The van der Waals surface area contributed by atoms with E-state index in [4.69, 9.17) is 10.5 Å². The molecule has 0 amide bonds. The molecule has 3 rings (SSSR count). The summed E-state index contributed by atoms with van der Waals surface area (Å²) >= 11 is 0. The molecule has 1 aromatic heterocycles. The summed E-state index contributed by atoms with van der Waals surface area (Å²) in [6, 6.07) is 12.3. The number of aromatic nitrogens is 2. The van der Waals surface area contributed by atoms with Crippen molar-refractivity contribution in [2.75, 3.05) is 5.73 Å². The zero-order valence-corrected chi connectivity index (χ0v) is 11.0. The van der Waals surface area contributed by atoms with Crippen LogP contribution in [0.1, 0.15) is 5.69 Å². The maximum Gasteiger partial charge on any atom is 0.178 e. The number of para-hydroxylation sites is 2. The van der Waals surface area contributed by atoms with Gasteiger partial charge in [0.2, 0.25) is 0 Å². The maximum atomic E-state index is 13.6. The number of benzene rings is 2. The van der Waals surface area contributed by atoms with E-state index in [0.717, 1.165) is 16.6 Å². The van der Waals surface area contributed by atoms with Crippen molar-refractivity contribution in [3.8, 4) is 5.75 Å². The van der Waals surface area contributed by atoms with Gasteiger partial charge < -0.3 is 10.5 Å². The number of aryl methyl sites for hydroxylation is 1. The van der Waals surface area contributed by atoms with Crippen LogP contribution in [0.25, 0.3) is 10.9 Å². The zero-order valence-electron chi connectivity index (χ0n) is 11.0. The first-order valence-corrected chi connectivity index (χ1v) is 6.24. The van der Waals surface area contributed by atoms with Crippen LogP contribution >= 0.6 is 0 Å². The van der Waals surface area contributed by atoms with Gasteiger partial charge in [-0.05, 0) is 18.2 Å². The Balaban J connectivity index is 1.91. The van der Waals surface area contributed by atoms with E-state index in [2.05, 4.69) is 5.10 Å². The summed E-state index contributed by atoms with van der Waals surface area (Å²) in [6.07, 6.45) is 0. The Morgan fingerprint density at radius 3 is 2.80 bits per heavy atom. The molecule has 0 aliphatic carbocycles. The molecule has 2 N–H and O–H groups in total. The SMILES string of the molecule is Cn1nc(COc2c(N)cccc2F)c2ccccc21. The van der Waals surface area contributed by atoms with Crippen LogP contribution in [-0.2, 0) is 13.7 Å². The number of ether oxygens (including phenoxy) is 1. The molecule has 3 aromatic rings. The van der Waals surface area contributed by atoms with E-state index in [9.17, 15) is 4.39 Å². The number of hydrogen-bond acceptors (Lipinski definition) is 3. The van der Waals surface area contributed by atoms with Crippen molar-refractivity contribution in [3.63, 3.8) is 0 Å². The lowest BCUT2D eigenvalue weighted by atomic mass is 10.2. The Kier molecular flexibility index (Phi) is 3.02. The highest BCUT2D eigenvalue weighted by molar-refractivity contribution is 5.81. The monoisotopic (exact) mass is 271 g/mol. The lowest BCUT2D eigenvalue weighted by Crippen LogP contribution is -2.02. The third-order valence-corrected chi connectivity index (χ3v) is 3.18. The molecule has 0 saturated carbocycles. The second-order valence-electron chi connectivity index (χ2n) is 4.53. The van der Waals surface area contributed by atoms with Crippen LogP contribution in [0.2, 0.25) is 0 Å². The third kappa shape index (κ3) is 2.07. The Morgan fingerprint density at radius 1 is 1.20 bits per heavy atom. The van der Waals surface area contributed by atoms with Crippen LogP contribution in [0, 0.1) is 5.82 Å². The Bertz CT molecular complexity index is 747. The summed E-state index contributed by atoms with van der Waals surface area (Å²) in [5, 5.41) is 5.38. The van der Waals surface area contributed by atoms with Crippen molar-refractivity contribution in [1.29, 1.82) is 0 Å². The lowest BCUT2D eigenvalue weighted by Gasteiger charge is -2.08. The zero-order chi connectivity index (χ0) is 14.1. The topological polar surface area (TPSA) is 53.1 Å².